The Morgan fingerprint density at radius 1 is 1.15 bits per heavy atom. The highest BCUT2D eigenvalue weighted by molar-refractivity contribution is 6.15. The first kappa shape index (κ1) is 26.6. The molecule has 0 bridgehead atoms. The summed E-state index contributed by atoms with van der Waals surface area (Å²) in [6, 6.07) is 14.6. The van der Waals surface area contributed by atoms with E-state index in [9.17, 15) is 18.0 Å². The molecule has 1 saturated heterocycles. The minimum Gasteiger partial charge on any atom is -0.454 e. The molecule has 2 aliphatic rings. The number of rotatable bonds is 9. The molecule has 41 heavy (non-hydrogen) atoms. The third-order valence-electron chi connectivity index (χ3n) is 7.27. The summed E-state index contributed by atoms with van der Waals surface area (Å²) < 4.78 is 57.3. The number of ketones is 1. The van der Waals surface area contributed by atoms with Gasteiger partial charge in [-0.2, -0.15) is 13.9 Å². The average Bonchev–Trinajstić information content (AvgIpc) is 3.50. The van der Waals surface area contributed by atoms with Crippen molar-refractivity contribution >= 4 is 17.7 Å². The zero-order valence-electron chi connectivity index (χ0n) is 22.1. The zero-order valence-corrected chi connectivity index (χ0v) is 22.1. The van der Waals surface area contributed by atoms with E-state index in [2.05, 4.69) is 5.10 Å². The molecule has 0 unspecified atom stereocenters. The Morgan fingerprint density at radius 3 is 2.66 bits per heavy atom. The van der Waals surface area contributed by atoms with Gasteiger partial charge >= 0.3 is 6.61 Å². The van der Waals surface area contributed by atoms with Crippen molar-refractivity contribution < 1.29 is 32.2 Å². The van der Waals surface area contributed by atoms with Crippen molar-refractivity contribution in [2.45, 2.75) is 26.4 Å². The number of Topliss-reactive ketones (excluding diaryl/α,β-unsaturated/α-hetero) is 1. The first-order valence-electron chi connectivity index (χ1n) is 13.1. The number of nitrogens with two attached hydrogens (primary N) is 1. The predicted octanol–water partition coefficient (Wildman–Crippen LogP) is 6.31. The molecule has 0 spiro atoms. The monoisotopic (exact) mass is 561 g/mol. The Morgan fingerprint density at radius 2 is 1.95 bits per heavy atom. The molecule has 1 fully saturated rings. The molecular weight excluding hydrogens is 535 g/mol. The Balaban J connectivity index is 1.23. The first-order valence-corrected chi connectivity index (χ1v) is 13.1. The number of benzene rings is 3. The van der Waals surface area contributed by atoms with Crippen molar-refractivity contribution in [2.24, 2.45) is 5.92 Å². The molecule has 210 valence electrons. The molecule has 1 aliphatic heterocycles. The number of carbonyl (C=O) groups excluding carboxylic acids is 1. The molecule has 0 saturated carbocycles. The lowest BCUT2D eigenvalue weighted by Gasteiger charge is -2.27. The van der Waals surface area contributed by atoms with Crippen molar-refractivity contribution in [1.29, 1.82) is 0 Å². The molecule has 4 aromatic rings. The third kappa shape index (κ3) is 5.30. The number of halogens is 3. The Bertz CT molecular complexity index is 1680. The molecule has 1 aromatic heterocycles. The van der Waals surface area contributed by atoms with E-state index in [0.717, 1.165) is 11.1 Å². The largest absolute Gasteiger partial charge is 0.454 e. The minimum absolute atomic E-state index is 0.106. The van der Waals surface area contributed by atoms with Gasteiger partial charge in [0.1, 0.15) is 17.3 Å². The van der Waals surface area contributed by atoms with Crippen LogP contribution in [0.4, 0.5) is 19.0 Å². The number of ether oxygens (including phenoxy) is 3. The normalized spacial score (nSPS) is 14.5. The maximum absolute atomic E-state index is 14.0. The van der Waals surface area contributed by atoms with Crippen LogP contribution in [0.25, 0.3) is 11.8 Å². The van der Waals surface area contributed by atoms with Gasteiger partial charge in [0, 0.05) is 17.9 Å². The minimum atomic E-state index is -2.95. The number of aryl methyl sites for hydroxylation is 1. The van der Waals surface area contributed by atoms with Crippen molar-refractivity contribution in [3.8, 4) is 22.9 Å². The molecule has 3 aromatic carbocycles. The number of alkyl halides is 2. The fraction of sp³-hybridized carbons (Fsp3) is 0.226. The van der Waals surface area contributed by atoms with Crippen LogP contribution in [-0.4, -0.2) is 35.4 Å². The molecule has 10 heteroatoms. The van der Waals surface area contributed by atoms with Crippen molar-refractivity contribution in [1.82, 2.24) is 9.78 Å². The highest BCUT2D eigenvalue weighted by Gasteiger charge is 2.27. The Kier molecular flexibility index (Phi) is 7.00. The number of hydrogen-bond acceptors (Lipinski definition) is 6. The lowest BCUT2D eigenvalue weighted by molar-refractivity contribution is -0.0524. The SMILES string of the molecule is Cc1cc(Oc2ccccc2F)ccc1-n1ncc(C(=O)C2=Cc3cc(OC(F)F)c(CC4COC4)cc3C2)c1N. The van der Waals surface area contributed by atoms with Crippen LogP contribution < -0.4 is 15.2 Å². The zero-order chi connectivity index (χ0) is 28.7. The van der Waals surface area contributed by atoms with E-state index in [1.807, 2.05) is 13.0 Å². The summed E-state index contributed by atoms with van der Waals surface area (Å²) in [4.78, 5) is 13.5. The van der Waals surface area contributed by atoms with Gasteiger partial charge in [0.25, 0.3) is 0 Å². The van der Waals surface area contributed by atoms with Crippen molar-refractivity contribution in [3.05, 3.63) is 100 Å². The number of anilines is 1. The highest BCUT2D eigenvalue weighted by atomic mass is 19.3. The van der Waals surface area contributed by atoms with Gasteiger partial charge in [0.05, 0.1) is 30.7 Å². The fourth-order valence-corrected chi connectivity index (χ4v) is 5.13. The first-order chi connectivity index (χ1) is 19.8. The second-order valence-electron chi connectivity index (χ2n) is 10.2. The van der Waals surface area contributed by atoms with E-state index in [1.165, 1.54) is 23.0 Å². The lowest BCUT2D eigenvalue weighted by atomic mass is 9.94. The standard InChI is InChI=1S/C31H26F3N3O4/c1-17-8-23(40-27-5-3-2-4-25(27)32)6-7-26(17)37-30(35)24(14-36-37)29(38)22-11-19-10-21(9-18-15-39-16-18)28(41-31(33)34)13-20(19)12-22/h2-8,10,12-14,18,31H,9,11,15-16,35H2,1H3. The number of aromatic nitrogens is 2. The summed E-state index contributed by atoms with van der Waals surface area (Å²) in [5, 5.41) is 4.35. The van der Waals surface area contributed by atoms with Crippen LogP contribution in [0.15, 0.2) is 66.4 Å². The summed E-state index contributed by atoms with van der Waals surface area (Å²) in [5.41, 5.74) is 10.7. The maximum Gasteiger partial charge on any atom is 0.387 e. The molecular formula is C31H26F3N3O4. The van der Waals surface area contributed by atoms with Gasteiger partial charge in [-0.3, -0.25) is 4.79 Å². The van der Waals surface area contributed by atoms with Crippen LogP contribution in [0.3, 0.4) is 0 Å². The molecule has 0 atom stereocenters. The fourth-order valence-electron chi connectivity index (χ4n) is 5.13. The number of nitrogens with zero attached hydrogens (tertiary/aromatic N) is 2. The van der Waals surface area contributed by atoms with Crippen molar-refractivity contribution in [3.63, 3.8) is 0 Å². The Labute approximate surface area is 233 Å². The third-order valence-corrected chi connectivity index (χ3v) is 7.27. The van der Waals surface area contributed by atoms with Gasteiger partial charge in [-0.1, -0.05) is 18.2 Å². The van der Waals surface area contributed by atoms with Crippen LogP contribution in [-0.2, 0) is 17.6 Å². The average molecular weight is 562 g/mol. The molecule has 6 rings (SSSR count). The van der Waals surface area contributed by atoms with Gasteiger partial charge < -0.3 is 19.9 Å². The molecule has 1 aliphatic carbocycles. The summed E-state index contributed by atoms with van der Waals surface area (Å²) >= 11 is 0. The molecule has 2 N–H and O–H groups in total. The Hall–Kier alpha value is -4.57. The number of allylic oxidation sites excluding steroid dienone is 1. The summed E-state index contributed by atoms with van der Waals surface area (Å²) in [5.74, 6) is 0.288. The molecule has 0 radical (unpaired) electrons. The number of nitrogen functional groups attached to an aromatic ring is 1. The van der Waals surface area contributed by atoms with E-state index >= 15 is 0 Å². The van der Waals surface area contributed by atoms with Crippen molar-refractivity contribution in [2.75, 3.05) is 18.9 Å². The quantitative estimate of drug-likeness (QED) is 0.241. The van der Waals surface area contributed by atoms with Gasteiger partial charge in [-0.05, 0) is 78.1 Å². The lowest BCUT2D eigenvalue weighted by Crippen LogP contribution is -2.29. The molecule has 7 nitrogen and oxygen atoms in total. The second-order valence-corrected chi connectivity index (χ2v) is 10.2. The van der Waals surface area contributed by atoms with Crippen LogP contribution >= 0.6 is 0 Å². The maximum atomic E-state index is 14.0. The van der Waals surface area contributed by atoms with Crippen LogP contribution in [0.1, 0.15) is 32.6 Å². The number of carbonyl (C=O) groups is 1. The van der Waals surface area contributed by atoms with Gasteiger partial charge in [-0.25, -0.2) is 9.07 Å². The van der Waals surface area contributed by atoms with Crippen LogP contribution in [0, 0.1) is 18.7 Å². The van der Waals surface area contributed by atoms with Gasteiger partial charge in [-0.15, -0.1) is 0 Å². The second kappa shape index (κ2) is 10.8. The smallest absolute Gasteiger partial charge is 0.387 e. The van der Waals surface area contributed by atoms with E-state index < -0.39 is 12.4 Å². The topological polar surface area (TPSA) is 88.6 Å². The van der Waals surface area contributed by atoms with E-state index in [4.69, 9.17) is 19.9 Å². The predicted molar refractivity (Wildman–Crippen MR) is 146 cm³/mol. The summed E-state index contributed by atoms with van der Waals surface area (Å²) in [7, 11) is 0. The molecule has 2 heterocycles. The van der Waals surface area contributed by atoms with E-state index in [0.29, 0.717) is 54.2 Å². The van der Waals surface area contributed by atoms with Gasteiger partial charge in [0.2, 0.25) is 0 Å². The van der Waals surface area contributed by atoms with E-state index in [-0.39, 0.29) is 34.6 Å². The molecule has 0 amide bonds. The summed E-state index contributed by atoms with van der Waals surface area (Å²) in [6.45, 7) is 0.0357. The summed E-state index contributed by atoms with van der Waals surface area (Å²) in [6.07, 6.45) is 3.99. The van der Waals surface area contributed by atoms with Crippen LogP contribution in [0.2, 0.25) is 0 Å². The van der Waals surface area contributed by atoms with E-state index in [1.54, 1.807) is 42.5 Å². The van der Waals surface area contributed by atoms with Gasteiger partial charge in [0.15, 0.2) is 17.3 Å². The number of hydrogen-bond donors (Lipinski definition) is 1. The van der Waals surface area contributed by atoms with Crippen LogP contribution in [0.5, 0.6) is 17.2 Å². The number of para-hydroxylation sites is 1. The highest BCUT2D eigenvalue weighted by Crippen LogP contribution is 2.36. The number of fused-ring (bicyclic) bond motifs is 1.